The highest BCUT2D eigenvalue weighted by atomic mass is 16.2. The molecule has 3 rings (SSSR count). The standard InChI is InChI=1S/C19H25N3O3/c23-17-8-7-16(21-17)19(25)20-15-10-12-22(13-11-15)18(24)9-6-14-4-2-1-3-5-14/h1-5,15-16H,6-13H2,(H,20,25)(H,21,23). The van der Waals surface area contributed by atoms with E-state index >= 15 is 0 Å². The molecule has 2 N–H and O–H groups in total. The van der Waals surface area contributed by atoms with Gasteiger partial charge in [0, 0.05) is 32.0 Å². The zero-order valence-corrected chi connectivity index (χ0v) is 14.4. The molecule has 2 saturated heterocycles. The molecule has 0 aromatic heterocycles. The quantitative estimate of drug-likeness (QED) is 0.837. The maximum atomic E-state index is 12.3. The van der Waals surface area contributed by atoms with Gasteiger partial charge in [0.1, 0.15) is 6.04 Å². The lowest BCUT2D eigenvalue weighted by Gasteiger charge is -2.33. The van der Waals surface area contributed by atoms with Crippen molar-refractivity contribution in [3.63, 3.8) is 0 Å². The highest BCUT2D eigenvalue weighted by Gasteiger charge is 2.30. The Morgan fingerprint density at radius 3 is 2.48 bits per heavy atom. The Kier molecular flexibility index (Phi) is 5.68. The molecule has 0 spiro atoms. The van der Waals surface area contributed by atoms with Gasteiger partial charge in [0.25, 0.3) is 0 Å². The summed E-state index contributed by atoms with van der Waals surface area (Å²) in [6.45, 7) is 1.35. The summed E-state index contributed by atoms with van der Waals surface area (Å²) in [6, 6.07) is 9.72. The van der Waals surface area contributed by atoms with Gasteiger partial charge in [-0.1, -0.05) is 30.3 Å². The van der Waals surface area contributed by atoms with Gasteiger partial charge < -0.3 is 15.5 Å². The van der Waals surface area contributed by atoms with Crippen molar-refractivity contribution in [2.45, 2.75) is 50.6 Å². The van der Waals surface area contributed by atoms with Crippen LogP contribution >= 0.6 is 0 Å². The van der Waals surface area contributed by atoms with Crippen LogP contribution in [-0.4, -0.2) is 47.8 Å². The molecule has 1 aromatic carbocycles. The first kappa shape index (κ1) is 17.5. The third kappa shape index (κ3) is 4.81. The van der Waals surface area contributed by atoms with Crippen LogP contribution in [0.1, 0.15) is 37.7 Å². The molecule has 2 aliphatic heterocycles. The van der Waals surface area contributed by atoms with Crippen LogP contribution in [0.3, 0.4) is 0 Å². The molecular weight excluding hydrogens is 318 g/mol. The van der Waals surface area contributed by atoms with Crippen LogP contribution in [0.5, 0.6) is 0 Å². The molecule has 2 heterocycles. The van der Waals surface area contributed by atoms with E-state index in [1.807, 2.05) is 35.2 Å². The molecule has 2 aliphatic rings. The molecule has 1 unspecified atom stereocenters. The number of benzene rings is 1. The SMILES string of the molecule is O=C1CCC(C(=O)NC2CCN(C(=O)CCc3ccccc3)CC2)N1. The summed E-state index contributed by atoms with van der Waals surface area (Å²) in [6.07, 6.45) is 3.81. The monoisotopic (exact) mass is 343 g/mol. The van der Waals surface area contributed by atoms with Crippen molar-refractivity contribution in [1.82, 2.24) is 15.5 Å². The summed E-state index contributed by atoms with van der Waals surface area (Å²) in [5.41, 5.74) is 1.18. The molecule has 0 saturated carbocycles. The van der Waals surface area contributed by atoms with Gasteiger partial charge in [-0.3, -0.25) is 14.4 Å². The zero-order valence-electron chi connectivity index (χ0n) is 14.4. The predicted octanol–water partition coefficient (Wildman–Crippen LogP) is 1.00. The van der Waals surface area contributed by atoms with E-state index < -0.39 is 6.04 Å². The van der Waals surface area contributed by atoms with E-state index in [1.54, 1.807) is 0 Å². The largest absolute Gasteiger partial charge is 0.351 e. The molecular formula is C19H25N3O3. The smallest absolute Gasteiger partial charge is 0.242 e. The van der Waals surface area contributed by atoms with E-state index in [0.717, 1.165) is 19.3 Å². The number of hydrogen-bond donors (Lipinski definition) is 2. The molecule has 25 heavy (non-hydrogen) atoms. The maximum Gasteiger partial charge on any atom is 0.242 e. The summed E-state index contributed by atoms with van der Waals surface area (Å²) < 4.78 is 0. The number of piperidine rings is 1. The fourth-order valence-corrected chi connectivity index (χ4v) is 3.44. The van der Waals surface area contributed by atoms with Gasteiger partial charge in [0.2, 0.25) is 17.7 Å². The van der Waals surface area contributed by atoms with Crippen molar-refractivity contribution < 1.29 is 14.4 Å². The Morgan fingerprint density at radius 1 is 1.12 bits per heavy atom. The molecule has 0 radical (unpaired) electrons. The molecule has 0 bridgehead atoms. The fraction of sp³-hybridized carbons (Fsp3) is 0.526. The topological polar surface area (TPSA) is 78.5 Å². The van der Waals surface area contributed by atoms with Crippen molar-refractivity contribution in [2.75, 3.05) is 13.1 Å². The summed E-state index contributed by atoms with van der Waals surface area (Å²) in [7, 11) is 0. The first-order valence-corrected chi connectivity index (χ1v) is 9.03. The molecule has 1 aromatic rings. The van der Waals surface area contributed by atoms with Crippen LogP contribution in [0.4, 0.5) is 0 Å². The van der Waals surface area contributed by atoms with Gasteiger partial charge in [0.15, 0.2) is 0 Å². The zero-order chi connectivity index (χ0) is 17.6. The van der Waals surface area contributed by atoms with E-state index in [-0.39, 0.29) is 23.8 Å². The molecule has 6 nitrogen and oxygen atoms in total. The number of likely N-dealkylation sites (tertiary alicyclic amines) is 1. The molecule has 6 heteroatoms. The van der Waals surface area contributed by atoms with Gasteiger partial charge in [-0.05, 0) is 31.2 Å². The van der Waals surface area contributed by atoms with Gasteiger partial charge in [-0.25, -0.2) is 0 Å². The van der Waals surface area contributed by atoms with Crippen molar-refractivity contribution >= 4 is 17.7 Å². The Balaban J connectivity index is 1.38. The van der Waals surface area contributed by atoms with E-state index in [2.05, 4.69) is 10.6 Å². The van der Waals surface area contributed by atoms with Crippen LogP contribution in [0.2, 0.25) is 0 Å². The van der Waals surface area contributed by atoms with Gasteiger partial charge in [0.05, 0.1) is 0 Å². The van der Waals surface area contributed by atoms with E-state index in [1.165, 1.54) is 5.56 Å². The second-order valence-corrected chi connectivity index (χ2v) is 6.81. The average molecular weight is 343 g/mol. The van der Waals surface area contributed by atoms with E-state index in [0.29, 0.717) is 32.4 Å². The number of nitrogens with zero attached hydrogens (tertiary/aromatic N) is 1. The van der Waals surface area contributed by atoms with Crippen molar-refractivity contribution in [3.05, 3.63) is 35.9 Å². The van der Waals surface area contributed by atoms with Crippen LogP contribution in [0, 0.1) is 0 Å². The minimum Gasteiger partial charge on any atom is -0.351 e. The normalized spacial score (nSPS) is 21.0. The number of rotatable bonds is 5. The average Bonchev–Trinajstić information content (AvgIpc) is 3.08. The van der Waals surface area contributed by atoms with Crippen LogP contribution in [0.15, 0.2) is 30.3 Å². The molecule has 1 atom stereocenters. The third-order valence-electron chi connectivity index (χ3n) is 4.98. The number of carbonyl (C=O) groups excluding carboxylic acids is 3. The number of aryl methyl sites for hydroxylation is 1. The summed E-state index contributed by atoms with van der Waals surface area (Å²) >= 11 is 0. The minimum atomic E-state index is -0.391. The first-order chi connectivity index (χ1) is 12.1. The summed E-state index contributed by atoms with van der Waals surface area (Å²) in [5, 5.41) is 5.69. The number of hydrogen-bond acceptors (Lipinski definition) is 3. The Labute approximate surface area is 148 Å². The molecule has 134 valence electrons. The van der Waals surface area contributed by atoms with E-state index in [9.17, 15) is 14.4 Å². The Hall–Kier alpha value is -2.37. The molecule has 3 amide bonds. The third-order valence-corrected chi connectivity index (χ3v) is 4.98. The van der Waals surface area contributed by atoms with Gasteiger partial charge >= 0.3 is 0 Å². The second kappa shape index (κ2) is 8.14. The van der Waals surface area contributed by atoms with Crippen molar-refractivity contribution in [2.24, 2.45) is 0 Å². The van der Waals surface area contributed by atoms with Crippen molar-refractivity contribution in [1.29, 1.82) is 0 Å². The molecule has 0 aliphatic carbocycles. The maximum absolute atomic E-state index is 12.3. The van der Waals surface area contributed by atoms with Gasteiger partial charge in [-0.2, -0.15) is 0 Å². The predicted molar refractivity (Wildman–Crippen MR) is 93.7 cm³/mol. The Morgan fingerprint density at radius 2 is 1.84 bits per heavy atom. The van der Waals surface area contributed by atoms with Crippen LogP contribution in [-0.2, 0) is 20.8 Å². The minimum absolute atomic E-state index is 0.0565. The lowest BCUT2D eigenvalue weighted by Crippen LogP contribution is -2.50. The summed E-state index contributed by atoms with van der Waals surface area (Å²) in [4.78, 5) is 37.6. The highest BCUT2D eigenvalue weighted by molar-refractivity contribution is 5.90. The fourth-order valence-electron chi connectivity index (χ4n) is 3.44. The lowest BCUT2D eigenvalue weighted by molar-refractivity contribution is -0.132. The van der Waals surface area contributed by atoms with Crippen LogP contribution in [0.25, 0.3) is 0 Å². The lowest BCUT2D eigenvalue weighted by atomic mass is 10.0. The Bertz CT molecular complexity index is 624. The van der Waals surface area contributed by atoms with Gasteiger partial charge in [-0.15, -0.1) is 0 Å². The van der Waals surface area contributed by atoms with Crippen LogP contribution < -0.4 is 10.6 Å². The first-order valence-electron chi connectivity index (χ1n) is 9.03. The number of carbonyl (C=O) groups is 3. The van der Waals surface area contributed by atoms with E-state index in [4.69, 9.17) is 0 Å². The highest BCUT2D eigenvalue weighted by Crippen LogP contribution is 2.14. The number of amides is 3. The summed E-state index contributed by atoms with van der Waals surface area (Å²) in [5.74, 6) is 0.0235. The number of nitrogens with one attached hydrogen (secondary N) is 2. The second-order valence-electron chi connectivity index (χ2n) is 6.81. The van der Waals surface area contributed by atoms with Crippen molar-refractivity contribution in [3.8, 4) is 0 Å². The molecule has 2 fully saturated rings.